The molecule has 3 aromatic rings. The fourth-order valence-electron chi connectivity index (χ4n) is 3.16. The fraction of sp³-hybridized carbons (Fsp3) is 0.130. The zero-order valence-electron chi connectivity index (χ0n) is 15.7. The molecule has 5 nitrogen and oxygen atoms in total. The number of carbonyl (C=O) groups is 2. The summed E-state index contributed by atoms with van der Waals surface area (Å²) in [6, 6.07) is 19.5. The first-order valence-electron chi connectivity index (χ1n) is 9.04. The van der Waals surface area contributed by atoms with Crippen molar-refractivity contribution in [2.75, 3.05) is 7.05 Å². The highest BCUT2D eigenvalue weighted by Gasteiger charge is 2.30. The summed E-state index contributed by atoms with van der Waals surface area (Å²) in [4.78, 5) is 25.2. The molecule has 0 aliphatic carbocycles. The molecule has 3 aromatic carbocycles. The van der Waals surface area contributed by atoms with E-state index in [-0.39, 0.29) is 11.6 Å². The van der Waals surface area contributed by atoms with Gasteiger partial charge in [-0.25, -0.2) is 4.79 Å². The van der Waals surface area contributed by atoms with E-state index >= 15 is 0 Å². The standard InChI is InChI=1S/C23H20N2O3/c1-15-7-9-16(10-8-15)14-28-21-12-11-17-5-3-4-6-18(17)19(21)13-20-22(26)25(2)23(27)24-20/h3-13H,14H2,1-2H3,(H,24,27)/b20-13+. The molecular weight excluding hydrogens is 352 g/mol. The molecule has 0 unspecified atom stereocenters. The summed E-state index contributed by atoms with van der Waals surface area (Å²) < 4.78 is 6.09. The van der Waals surface area contributed by atoms with E-state index in [4.69, 9.17) is 4.74 Å². The van der Waals surface area contributed by atoms with Gasteiger partial charge >= 0.3 is 6.03 Å². The SMILES string of the molecule is Cc1ccc(COc2ccc3ccccc3c2/C=C2/NC(=O)N(C)C2=O)cc1. The van der Waals surface area contributed by atoms with Gasteiger partial charge in [-0.1, -0.05) is 60.2 Å². The smallest absolute Gasteiger partial charge is 0.328 e. The zero-order chi connectivity index (χ0) is 19.7. The highest BCUT2D eigenvalue weighted by Crippen LogP contribution is 2.31. The van der Waals surface area contributed by atoms with E-state index in [1.54, 1.807) is 6.08 Å². The number of nitrogens with zero attached hydrogens (tertiary/aromatic N) is 1. The molecule has 0 aromatic heterocycles. The molecule has 1 fully saturated rings. The van der Waals surface area contributed by atoms with E-state index in [2.05, 4.69) is 5.32 Å². The van der Waals surface area contributed by atoms with Crippen LogP contribution in [0.4, 0.5) is 4.79 Å². The van der Waals surface area contributed by atoms with E-state index in [0.717, 1.165) is 26.8 Å². The Kier molecular flexibility index (Phi) is 4.57. The summed E-state index contributed by atoms with van der Waals surface area (Å²) in [5, 5.41) is 4.60. The number of rotatable bonds is 4. The molecule has 0 bridgehead atoms. The number of nitrogens with one attached hydrogen (secondary N) is 1. The monoisotopic (exact) mass is 372 g/mol. The van der Waals surface area contributed by atoms with Gasteiger partial charge in [-0.2, -0.15) is 0 Å². The normalized spacial score (nSPS) is 15.4. The summed E-state index contributed by atoms with van der Waals surface area (Å²) in [5.74, 6) is 0.297. The Hall–Kier alpha value is -3.60. The Morgan fingerprint density at radius 1 is 1.00 bits per heavy atom. The molecule has 1 heterocycles. The van der Waals surface area contributed by atoms with Crippen LogP contribution in [-0.2, 0) is 11.4 Å². The molecule has 0 atom stereocenters. The molecule has 1 N–H and O–H groups in total. The molecule has 28 heavy (non-hydrogen) atoms. The quantitative estimate of drug-likeness (QED) is 0.550. The molecule has 4 rings (SSSR count). The third-order valence-electron chi connectivity index (χ3n) is 4.82. The van der Waals surface area contributed by atoms with Crippen molar-refractivity contribution in [3.63, 3.8) is 0 Å². The summed E-state index contributed by atoms with van der Waals surface area (Å²) in [6.07, 6.45) is 1.69. The Balaban J connectivity index is 1.74. The first kappa shape index (κ1) is 17.8. The van der Waals surface area contributed by atoms with Crippen LogP contribution in [0.5, 0.6) is 5.75 Å². The second-order valence-electron chi connectivity index (χ2n) is 6.83. The van der Waals surface area contributed by atoms with Crippen molar-refractivity contribution >= 4 is 28.8 Å². The van der Waals surface area contributed by atoms with Gasteiger partial charge in [0.15, 0.2) is 0 Å². The van der Waals surface area contributed by atoms with Gasteiger partial charge in [0, 0.05) is 12.6 Å². The molecule has 0 saturated carbocycles. The van der Waals surface area contributed by atoms with Crippen molar-refractivity contribution in [3.8, 4) is 5.75 Å². The summed E-state index contributed by atoms with van der Waals surface area (Å²) in [6.45, 7) is 2.46. The number of carbonyl (C=O) groups excluding carboxylic acids is 2. The first-order chi connectivity index (χ1) is 13.5. The third kappa shape index (κ3) is 3.34. The topological polar surface area (TPSA) is 58.6 Å². The maximum Gasteiger partial charge on any atom is 0.328 e. The Labute approximate surface area is 163 Å². The third-order valence-corrected chi connectivity index (χ3v) is 4.82. The van der Waals surface area contributed by atoms with E-state index < -0.39 is 6.03 Å². The lowest BCUT2D eigenvalue weighted by Crippen LogP contribution is -2.25. The minimum Gasteiger partial charge on any atom is -0.488 e. The lowest BCUT2D eigenvalue weighted by atomic mass is 10.0. The van der Waals surface area contributed by atoms with Crippen LogP contribution in [0.1, 0.15) is 16.7 Å². The minimum absolute atomic E-state index is 0.240. The highest BCUT2D eigenvalue weighted by molar-refractivity contribution is 6.14. The fourth-order valence-corrected chi connectivity index (χ4v) is 3.16. The zero-order valence-corrected chi connectivity index (χ0v) is 15.7. The van der Waals surface area contributed by atoms with Crippen molar-refractivity contribution in [3.05, 3.63) is 83.1 Å². The summed E-state index contributed by atoms with van der Waals surface area (Å²) >= 11 is 0. The first-order valence-corrected chi connectivity index (χ1v) is 9.04. The van der Waals surface area contributed by atoms with Gasteiger partial charge in [-0.05, 0) is 35.4 Å². The van der Waals surface area contributed by atoms with Crippen LogP contribution in [-0.4, -0.2) is 23.9 Å². The predicted molar refractivity (Wildman–Crippen MR) is 109 cm³/mol. The minimum atomic E-state index is -0.432. The average Bonchev–Trinajstić information content (AvgIpc) is 2.95. The number of amides is 3. The largest absolute Gasteiger partial charge is 0.488 e. The van der Waals surface area contributed by atoms with E-state index in [1.165, 1.54) is 12.6 Å². The van der Waals surface area contributed by atoms with E-state index in [0.29, 0.717) is 12.4 Å². The van der Waals surface area contributed by atoms with E-state index in [9.17, 15) is 9.59 Å². The number of benzene rings is 3. The van der Waals surface area contributed by atoms with Crippen molar-refractivity contribution in [2.24, 2.45) is 0 Å². The number of hydrogen-bond acceptors (Lipinski definition) is 3. The molecule has 5 heteroatoms. The van der Waals surface area contributed by atoms with Gasteiger partial charge in [0.2, 0.25) is 0 Å². The van der Waals surface area contributed by atoms with E-state index in [1.807, 2.05) is 67.6 Å². The van der Waals surface area contributed by atoms with Gasteiger partial charge < -0.3 is 10.1 Å². The van der Waals surface area contributed by atoms with Crippen LogP contribution >= 0.6 is 0 Å². The lowest BCUT2D eigenvalue weighted by Gasteiger charge is -2.13. The number of likely N-dealkylation sites (N-methyl/N-ethyl adjacent to an activating group) is 1. The van der Waals surface area contributed by atoms with Crippen molar-refractivity contribution < 1.29 is 14.3 Å². The number of ether oxygens (including phenoxy) is 1. The molecule has 0 spiro atoms. The van der Waals surface area contributed by atoms with Crippen LogP contribution in [0.3, 0.4) is 0 Å². The van der Waals surface area contributed by atoms with Crippen LogP contribution < -0.4 is 10.1 Å². The van der Waals surface area contributed by atoms with Gasteiger partial charge in [-0.15, -0.1) is 0 Å². The van der Waals surface area contributed by atoms with Crippen LogP contribution in [0.2, 0.25) is 0 Å². The van der Waals surface area contributed by atoms with Crippen LogP contribution in [0.25, 0.3) is 16.8 Å². The maximum atomic E-state index is 12.3. The maximum absolute atomic E-state index is 12.3. The number of aryl methyl sites for hydroxylation is 1. The van der Waals surface area contributed by atoms with Gasteiger partial charge in [0.05, 0.1) is 0 Å². The van der Waals surface area contributed by atoms with Gasteiger partial charge in [0.1, 0.15) is 18.1 Å². The number of urea groups is 1. The Bertz CT molecular complexity index is 1100. The molecule has 1 aliphatic heterocycles. The summed E-state index contributed by atoms with van der Waals surface area (Å²) in [7, 11) is 1.45. The van der Waals surface area contributed by atoms with Crippen molar-refractivity contribution in [2.45, 2.75) is 13.5 Å². The molecule has 0 radical (unpaired) electrons. The second-order valence-corrected chi connectivity index (χ2v) is 6.83. The number of hydrogen-bond donors (Lipinski definition) is 1. The lowest BCUT2D eigenvalue weighted by molar-refractivity contribution is -0.121. The van der Waals surface area contributed by atoms with Crippen molar-refractivity contribution in [1.29, 1.82) is 0 Å². The molecule has 140 valence electrons. The van der Waals surface area contributed by atoms with Gasteiger partial charge in [0.25, 0.3) is 5.91 Å². The van der Waals surface area contributed by atoms with Crippen LogP contribution in [0, 0.1) is 6.92 Å². The highest BCUT2D eigenvalue weighted by atomic mass is 16.5. The Morgan fingerprint density at radius 2 is 1.75 bits per heavy atom. The van der Waals surface area contributed by atoms with Crippen LogP contribution in [0.15, 0.2) is 66.4 Å². The molecule has 1 saturated heterocycles. The summed E-state index contributed by atoms with van der Waals surface area (Å²) in [5.41, 5.74) is 3.26. The second kappa shape index (κ2) is 7.19. The van der Waals surface area contributed by atoms with Crippen molar-refractivity contribution in [1.82, 2.24) is 10.2 Å². The number of fused-ring (bicyclic) bond motifs is 1. The number of imide groups is 1. The van der Waals surface area contributed by atoms with Gasteiger partial charge in [-0.3, -0.25) is 9.69 Å². The Morgan fingerprint density at radius 3 is 2.46 bits per heavy atom. The average molecular weight is 372 g/mol. The predicted octanol–water partition coefficient (Wildman–Crippen LogP) is 4.25. The molecular formula is C23H20N2O3. The molecule has 1 aliphatic rings. The molecule has 3 amide bonds.